The number of aromatic hydroxyl groups is 1. The van der Waals surface area contributed by atoms with Crippen molar-refractivity contribution in [1.29, 1.82) is 0 Å². The van der Waals surface area contributed by atoms with Gasteiger partial charge in [0.1, 0.15) is 5.75 Å². The molecule has 0 aliphatic carbocycles. The summed E-state index contributed by atoms with van der Waals surface area (Å²) < 4.78 is 0. The molecule has 1 aromatic carbocycles. The van der Waals surface area contributed by atoms with Gasteiger partial charge in [-0.05, 0) is 0 Å². The SMILES string of the molecule is O=C(CCl)Cc1cccc(CCl)c1O. The van der Waals surface area contributed by atoms with Crippen molar-refractivity contribution in [2.75, 3.05) is 5.88 Å². The van der Waals surface area contributed by atoms with Crippen molar-refractivity contribution in [2.45, 2.75) is 12.3 Å². The third-order valence-corrected chi connectivity index (χ3v) is 2.47. The molecule has 76 valence electrons. The third-order valence-electron chi connectivity index (χ3n) is 1.88. The predicted octanol–water partition coefficient (Wildman–Crippen LogP) is 2.48. The topological polar surface area (TPSA) is 37.3 Å². The largest absolute Gasteiger partial charge is 0.507 e. The zero-order valence-electron chi connectivity index (χ0n) is 7.46. The van der Waals surface area contributed by atoms with Gasteiger partial charge < -0.3 is 5.11 Å². The Balaban J connectivity index is 2.92. The zero-order valence-corrected chi connectivity index (χ0v) is 8.98. The Kier molecular flexibility index (Phi) is 4.23. The molecule has 0 saturated heterocycles. The molecule has 0 aliphatic heterocycles. The van der Waals surface area contributed by atoms with Crippen molar-refractivity contribution in [3.8, 4) is 5.75 Å². The lowest BCUT2D eigenvalue weighted by Gasteiger charge is -2.06. The van der Waals surface area contributed by atoms with E-state index >= 15 is 0 Å². The third kappa shape index (κ3) is 2.63. The minimum Gasteiger partial charge on any atom is -0.507 e. The maximum Gasteiger partial charge on any atom is 0.152 e. The number of phenols is 1. The summed E-state index contributed by atoms with van der Waals surface area (Å²) in [6.07, 6.45) is 0.153. The fourth-order valence-corrected chi connectivity index (χ4v) is 1.46. The van der Waals surface area contributed by atoms with E-state index in [1.165, 1.54) is 0 Å². The Bertz CT molecular complexity index is 337. The van der Waals surface area contributed by atoms with Crippen LogP contribution in [0.4, 0.5) is 0 Å². The average molecular weight is 233 g/mol. The highest BCUT2D eigenvalue weighted by molar-refractivity contribution is 6.27. The van der Waals surface area contributed by atoms with Gasteiger partial charge in [0, 0.05) is 17.5 Å². The van der Waals surface area contributed by atoms with Gasteiger partial charge >= 0.3 is 0 Å². The van der Waals surface area contributed by atoms with Gasteiger partial charge in [0.25, 0.3) is 0 Å². The number of phenolic OH excluding ortho intramolecular Hbond substituents is 1. The normalized spacial score (nSPS) is 10.1. The molecule has 0 unspecified atom stereocenters. The van der Waals surface area contributed by atoms with E-state index in [4.69, 9.17) is 23.2 Å². The standard InChI is InChI=1S/C10H10Cl2O2/c11-5-8-3-1-2-7(10(8)14)4-9(13)6-12/h1-3,14H,4-6H2. The highest BCUT2D eigenvalue weighted by atomic mass is 35.5. The number of ketones is 1. The molecular formula is C10H10Cl2O2. The molecule has 0 aliphatic rings. The molecule has 0 atom stereocenters. The van der Waals surface area contributed by atoms with Crippen molar-refractivity contribution in [3.05, 3.63) is 29.3 Å². The number of hydrogen-bond acceptors (Lipinski definition) is 2. The summed E-state index contributed by atoms with van der Waals surface area (Å²) in [5, 5.41) is 9.65. The summed E-state index contributed by atoms with van der Waals surface area (Å²) in [5.74, 6) is 0.175. The average Bonchev–Trinajstić information content (AvgIpc) is 2.21. The number of halogens is 2. The van der Waals surface area contributed by atoms with Crippen molar-refractivity contribution in [1.82, 2.24) is 0 Å². The van der Waals surface area contributed by atoms with Crippen LogP contribution in [0, 0.1) is 0 Å². The minimum absolute atomic E-state index is 0.0372. The molecule has 14 heavy (non-hydrogen) atoms. The second-order valence-electron chi connectivity index (χ2n) is 2.91. The molecule has 0 radical (unpaired) electrons. The first-order chi connectivity index (χ1) is 6.69. The van der Waals surface area contributed by atoms with E-state index in [-0.39, 0.29) is 29.7 Å². The first-order valence-electron chi connectivity index (χ1n) is 4.12. The number of carbonyl (C=O) groups is 1. The smallest absolute Gasteiger partial charge is 0.152 e. The van der Waals surface area contributed by atoms with E-state index in [2.05, 4.69) is 0 Å². The van der Waals surface area contributed by atoms with E-state index < -0.39 is 0 Å². The molecular weight excluding hydrogens is 223 g/mol. The van der Waals surface area contributed by atoms with Crippen LogP contribution in [-0.2, 0) is 17.1 Å². The number of para-hydroxylation sites is 1. The van der Waals surface area contributed by atoms with Crippen molar-refractivity contribution < 1.29 is 9.90 Å². The monoisotopic (exact) mass is 232 g/mol. The van der Waals surface area contributed by atoms with E-state index in [0.717, 1.165) is 0 Å². The lowest BCUT2D eigenvalue weighted by atomic mass is 10.1. The van der Waals surface area contributed by atoms with Crippen LogP contribution < -0.4 is 0 Å². The summed E-state index contributed by atoms with van der Waals surface area (Å²) >= 11 is 11.0. The minimum atomic E-state index is -0.117. The van der Waals surface area contributed by atoms with Crippen LogP contribution in [0.3, 0.4) is 0 Å². The molecule has 0 spiro atoms. The van der Waals surface area contributed by atoms with E-state index in [1.807, 2.05) is 0 Å². The van der Waals surface area contributed by atoms with Crippen molar-refractivity contribution in [2.24, 2.45) is 0 Å². The van der Waals surface area contributed by atoms with Crippen LogP contribution in [0.1, 0.15) is 11.1 Å². The van der Waals surface area contributed by atoms with Gasteiger partial charge in [-0.3, -0.25) is 4.79 Å². The number of alkyl halides is 2. The highest BCUT2D eigenvalue weighted by Gasteiger charge is 2.09. The molecule has 0 heterocycles. The second kappa shape index (κ2) is 5.23. The van der Waals surface area contributed by atoms with Crippen LogP contribution in [-0.4, -0.2) is 16.8 Å². The van der Waals surface area contributed by atoms with Gasteiger partial charge in [-0.1, -0.05) is 18.2 Å². The van der Waals surface area contributed by atoms with Crippen LogP contribution in [0.2, 0.25) is 0 Å². The maximum absolute atomic E-state index is 11.1. The molecule has 1 rings (SSSR count). The zero-order chi connectivity index (χ0) is 10.6. The lowest BCUT2D eigenvalue weighted by Crippen LogP contribution is -2.04. The fraction of sp³-hybridized carbons (Fsp3) is 0.300. The van der Waals surface area contributed by atoms with Gasteiger partial charge in [-0.15, -0.1) is 23.2 Å². The predicted molar refractivity (Wildman–Crippen MR) is 57.1 cm³/mol. The number of Topliss-reactive ketones (excluding diaryl/α,β-unsaturated/α-hetero) is 1. The molecule has 1 N–H and O–H groups in total. The lowest BCUT2D eigenvalue weighted by molar-refractivity contribution is -0.116. The number of hydrogen-bond donors (Lipinski definition) is 1. The van der Waals surface area contributed by atoms with Crippen LogP contribution in [0.25, 0.3) is 0 Å². The molecule has 0 saturated carbocycles. The Morgan fingerprint density at radius 3 is 2.50 bits per heavy atom. The molecule has 4 heteroatoms. The van der Waals surface area contributed by atoms with Crippen LogP contribution in [0.15, 0.2) is 18.2 Å². The Hall–Kier alpha value is -0.730. The molecule has 0 bridgehead atoms. The molecule has 0 amide bonds. The quantitative estimate of drug-likeness (QED) is 0.811. The first kappa shape index (κ1) is 11.3. The number of benzene rings is 1. The van der Waals surface area contributed by atoms with Gasteiger partial charge in [0.15, 0.2) is 5.78 Å². The summed E-state index contributed by atoms with van der Waals surface area (Å²) in [6, 6.07) is 5.17. The number of carbonyl (C=O) groups excluding carboxylic acids is 1. The van der Waals surface area contributed by atoms with Crippen molar-refractivity contribution >= 4 is 29.0 Å². The summed E-state index contributed by atoms with van der Waals surface area (Å²) in [6.45, 7) is 0. The van der Waals surface area contributed by atoms with Crippen LogP contribution in [0.5, 0.6) is 5.75 Å². The summed E-state index contributed by atoms with van der Waals surface area (Å²) in [4.78, 5) is 11.1. The van der Waals surface area contributed by atoms with Crippen molar-refractivity contribution in [3.63, 3.8) is 0 Å². The first-order valence-corrected chi connectivity index (χ1v) is 5.19. The maximum atomic E-state index is 11.1. The van der Waals surface area contributed by atoms with E-state index in [1.54, 1.807) is 18.2 Å². The Morgan fingerprint density at radius 1 is 1.29 bits per heavy atom. The van der Waals surface area contributed by atoms with E-state index in [9.17, 15) is 9.90 Å². The van der Waals surface area contributed by atoms with Gasteiger partial charge in [0.05, 0.1) is 11.8 Å². The van der Waals surface area contributed by atoms with Gasteiger partial charge in [0.2, 0.25) is 0 Å². The van der Waals surface area contributed by atoms with E-state index in [0.29, 0.717) is 11.1 Å². The summed E-state index contributed by atoms with van der Waals surface area (Å²) in [5.41, 5.74) is 1.21. The number of rotatable bonds is 4. The Labute approximate surface area is 92.5 Å². The fourth-order valence-electron chi connectivity index (χ4n) is 1.15. The van der Waals surface area contributed by atoms with Crippen LogP contribution >= 0.6 is 23.2 Å². The summed E-state index contributed by atoms with van der Waals surface area (Å²) in [7, 11) is 0. The van der Waals surface area contributed by atoms with Gasteiger partial charge in [-0.25, -0.2) is 0 Å². The molecule has 1 aromatic rings. The molecule has 0 fully saturated rings. The van der Waals surface area contributed by atoms with Gasteiger partial charge in [-0.2, -0.15) is 0 Å². The second-order valence-corrected chi connectivity index (χ2v) is 3.44. The Morgan fingerprint density at radius 2 is 1.93 bits per heavy atom. The molecule has 2 nitrogen and oxygen atoms in total. The highest BCUT2D eigenvalue weighted by Crippen LogP contribution is 2.24. The molecule has 0 aromatic heterocycles.